The average Bonchev–Trinajstić information content (AvgIpc) is 3.27. The van der Waals surface area contributed by atoms with Gasteiger partial charge in [0.05, 0.1) is 30.0 Å². The summed E-state index contributed by atoms with van der Waals surface area (Å²) in [5.41, 5.74) is 4.88. The van der Waals surface area contributed by atoms with Gasteiger partial charge in [0.1, 0.15) is 5.82 Å². The van der Waals surface area contributed by atoms with Crippen LogP contribution in [0.15, 0.2) is 48.9 Å². The average molecular weight is 383 g/mol. The largest absolute Gasteiger partial charge is 0.468 e. The van der Waals surface area contributed by atoms with Crippen molar-refractivity contribution in [2.24, 2.45) is 0 Å². The Labute approximate surface area is 167 Å². The summed E-state index contributed by atoms with van der Waals surface area (Å²) in [5.74, 6) is 0.615. The van der Waals surface area contributed by atoms with Crippen molar-refractivity contribution in [3.8, 4) is 34.5 Å². The number of pyridine rings is 1. The molecule has 0 amide bonds. The molecule has 8 nitrogen and oxygen atoms in total. The van der Waals surface area contributed by atoms with Crippen LogP contribution < -0.4 is 10.1 Å². The number of aromatic nitrogens is 4. The van der Waals surface area contributed by atoms with E-state index in [0.717, 1.165) is 16.7 Å². The molecule has 29 heavy (non-hydrogen) atoms. The van der Waals surface area contributed by atoms with Crippen molar-refractivity contribution < 1.29 is 4.74 Å². The van der Waals surface area contributed by atoms with Crippen LogP contribution >= 0.6 is 0 Å². The molecule has 0 aliphatic heterocycles. The van der Waals surface area contributed by atoms with Gasteiger partial charge in [0.15, 0.2) is 5.65 Å². The molecule has 0 aliphatic carbocycles. The first kappa shape index (κ1) is 18.1. The molecule has 0 aliphatic rings. The fraction of sp³-hybridized carbons (Fsp3) is 0.0952. The van der Waals surface area contributed by atoms with Crippen LogP contribution in [0.4, 0.5) is 5.82 Å². The Kier molecular flexibility index (Phi) is 4.63. The third-order valence-electron chi connectivity index (χ3n) is 4.58. The highest BCUT2D eigenvalue weighted by atomic mass is 16.5. The summed E-state index contributed by atoms with van der Waals surface area (Å²) >= 11 is 0. The van der Waals surface area contributed by atoms with Gasteiger partial charge in [-0.05, 0) is 18.2 Å². The Balaban J connectivity index is 2.05. The van der Waals surface area contributed by atoms with Gasteiger partial charge in [-0.3, -0.25) is 4.40 Å². The van der Waals surface area contributed by atoms with Crippen LogP contribution in [0.1, 0.15) is 11.1 Å². The summed E-state index contributed by atoms with van der Waals surface area (Å²) in [6.45, 7) is 0. The monoisotopic (exact) mass is 383 g/mol. The minimum absolute atomic E-state index is 0.396. The molecule has 0 atom stereocenters. The molecule has 4 aromatic rings. The summed E-state index contributed by atoms with van der Waals surface area (Å²) in [7, 11) is 3.32. The van der Waals surface area contributed by atoms with Crippen molar-refractivity contribution in [1.82, 2.24) is 19.4 Å². The number of nitrogens with one attached hydrogen (secondary N) is 2. The summed E-state index contributed by atoms with van der Waals surface area (Å²) in [5, 5.41) is 19.8. The number of anilines is 1. The van der Waals surface area contributed by atoms with Crippen LogP contribution in [-0.4, -0.2) is 39.7 Å². The highest BCUT2D eigenvalue weighted by Gasteiger charge is 2.20. The van der Waals surface area contributed by atoms with Crippen molar-refractivity contribution in [3.05, 3.63) is 60.0 Å². The van der Waals surface area contributed by atoms with Gasteiger partial charge in [0.25, 0.3) is 0 Å². The zero-order valence-corrected chi connectivity index (χ0v) is 15.8. The van der Waals surface area contributed by atoms with Crippen molar-refractivity contribution >= 4 is 17.7 Å². The van der Waals surface area contributed by atoms with Crippen LogP contribution in [0.5, 0.6) is 6.01 Å². The van der Waals surface area contributed by atoms with Crippen LogP contribution in [-0.2, 0) is 0 Å². The highest BCUT2D eigenvalue weighted by Crippen LogP contribution is 2.36. The molecule has 0 fully saturated rings. The van der Waals surface area contributed by atoms with E-state index in [0.29, 0.717) is 34.3 Å². The van der Waals surface area contributed by atoms with E-state index in [1.54, 1.807) is 49.3 Å². The molecule has 8 heteroatoms. The first-order valence-electron chi connectivity index (χ1n) is 8.80. The van der Waals surface area contributed by atoms with Gasteiger partial charge in [-0.1, -0.05) is 12.1 Å². The number of rotatable bonds is 5. The van der Waals surface area contributed by atoms with Gasteiger partial charge >= 0.3 is 6.01 Å². The third-order valence-corrected chi connectivity index (χ3v) is 4.58. The topological polar surface area (TPSA) is 112 Å². The summed E-state index contributed by atoms with van der Waals surface area (Å²) in [6, 6.07) is 11.6. The maximum Gasteiger partial charge on any atom is 0.302 e. The highest BCUT2D eigenvalue weighted by molar-refractivity contribution is 5.93. The fourth-order valence-corrected chi connectivity index (χ4v) is 3.21. The molecule has 1 aromatic carbocycles. The van der Waals surface area contributed by atoms with Crippen molar-refractivity contribution in [2.45, 2.75) is 0 Å². The van der Waals surface area contributed by atoms with Gasteiger partial charge in [-0.25, -0.2) is 9.97 Å². The molecule has 0 bridgehead atoms. The number of imidazole rings is 1. The zero-order chi connectivity index (χ0) is 20.4. The quantitative estimate of drug-likeness (QED) is 0.511. The van der Waals surface area contributed by atoms with E-state index in [1.165, 1.54) is 6.21 Å². The third kappa shape index (κ3) is 3.04. The number of ether oxygens (including phenoxy) is 1. The molecular formula is C21H17N7O. The van der Waals surface area contributed by atoms with Gasteiger partial charge in [-0.15, -0.1) is 0 Å². The molecule has 0 spiro atoms. The molecule has 0 saturated carbocycles. The Morgan fingerprint density at radius 1 is 1.21 bits per heavy atom. The SMILES string of the molecule is CNc1ncc(-c2c(-c3ccc(C#N)cc3)nc(OC)n3ccnc23)cc1C=N. The molecular weight excluding hydrogens is 366 g/mol. The van der Waals surface area contributed by atoms with Crippen LogP contribution in [0.25, 0.3) is 28.0 Å². The predicted octanol–water partition coefficient (Wildman–Crippen LogP) is 3.38. The molecule has 3 aromatic heterocycles. The van der Waals surface area contributed by atoms with Crippen molar-refractivity contribution in [2.75, 3.05) is 19.5 Å². The van der Waals surface area contributed by atoms with E-state index in [9.17, 15) is 0 Å². The lowest BCUT2D eigenvalue weighted by molar-refractivity contribution is 0.375. The van der Waals surface area contributed by atoms with Crippen LogP contribution in [0.2, 0.25) is 0 Å². The lowest BCUT2D eigenvalue weighted by Gasteiger charge is -2.15. The van der Waals surface area contributed by atoms with Crippen LogP contribution in [0.3, 0.4) is 0 Å². The summed E-state index contributed by atoms with van der Waals surface area (Å²) < 4.78 is 7.23. The standard InChI is InChI=1S/C21H17N7O/c1-24-19-15(11-23)9-16(12-26-19)17-18(14-5-3-13(10-22)4-6-14)27-21(29-2)28-8-7-25-20(17)28/h3-9,11-12,23H,1-2H3,(H,24,26). The first-order chi connectivity index (χ1) is 14.2. The number of benzene rings is 1. The second kappa shape index (κ2) is 7.40. The normalized spacial score (nSPS) is 10.5. The molecule has 142 valence electrons. The maximum atomic E-state index is 9.10. The van der Waals surface area contributed by atoms with Gasteiger partial charge < -0.3 is 15.5 Å². The minimum Gasteiger partial charge on any atom is -0.468 e. The van der Waals surface area contributed by atoms with E-state index in [4.69, 9.17) is 20.4 Å². The lowest BCUT2D eigenvalue weighted by atomic mass is 9.99. The Morgan fingerprint density at radius 2 is 2.00 bits per heavy atom. The second-order valence-electron chi connectivity index (χ2n) is 6.19. The second-order valence-corrected chi connectivity index (χ2v) is 6.19. The number of nitrogens with zero attached hydrogens (tertiary/aromatic N) is 5. The van der Waals surface area contributed by atoms with Gasteiger partial charge in [0, 0.05) is 48.5 Å². The predicted molar refractivity (Wildman–Crippen MR) is 110 cm³/mol. The lowest BCUT2D eigenvalue weighted by Crippen LogP contribution is -2.04. The minimum atomic E-state index is 0.396. The van der Waals surface area contributed by atoms with Crippen molar-refractivity contribution in [3.63, 3.8) is 0 Å². The fourth-order valence-electron chi connectivity index (χ4n) is 3.21. The van der Waals surface area contributed by atoms with Crippen molar-refractivity contribution in [1.29, 1.82) is 10.7 Å². The molecule has 4 rings (SSSR count). The van der Waals surface area contributed by atoms with E-state index >= 15 is 0 Å². The Hall–Kier alpha value is -4.25. The zero-order valence-electron chi connectivity index (χ0n) is 15.8. The Bertz CT molecular complexity index is 1250. The maximum absolute atomic E-state index is 9.10. The van der Waals surface area contributed by atoms with E-state index in [-0.39, 0.29) is 0 Å². The number of methoxy groups -OCH3 is 1. The number of hydrogen-bond acceptors (Lipinski definition) is 7. The molecule has 3 heterocycles. The van der Waals surface area contributed by atoms with Gasteiger partial charge in [-0.2, -0.15) is 10.2 Å². The number of nitriles is 1. The van der Waals surface area contributed by atoms with E-state index in [1.807, 2.05) is 18.2 Å². The Morgan fingerprint density at radius 3 is 2.66 bits per heavy atom. The van der Waals surface area contributed by atoms with E-state index < -0.39 is 0 Å². The molecule has 0 unspecified atom stereocenters. The van der Waals surface area contributed by atoms with E-state index in [2.05, 4.69) is 21.4 Å². The molecule has 0 saturated heterocycles. The summed E-state index contributed by atoms with van der Waals surface area (Å²) in [4.78, 5) is 13.7. The van der Waals surface area contributed by atoms with Crippen LogP contribution in [0, 0.1) is 16.7 Å². The molecule has 2 N–H and O–H groups in total. The first-order valence-corrected chi connectivity index (χ1v) is 8.80. The smallest absolute Gasteiger partial charge is 0.302 e. The number of hydrogen-bond donors (Lipinski definition) is 2. The van der Waals surface area contributed by atoms with Gasteiger partial charge in [0.2, 0.25) is 0 Å². The summed E-state index contributed by atoms with van der Waals surface area (Å²) in [6.07, 6.45) is 6.44. The molecule has 0 radical (unpaired) electrons. The number of fused-ring (bicyclic) bond motifs is 1.